The number of piperidine rings is 1. The molecule has 1 fully saturated rings. The summed E-state index contributed by atoms with van der Waals surface area (Å²) in [5.41, 5.74) is 4.38. The predicted molar refractivity (Wildman–Crippen MR) is 135 cm³/mol. The number of aryl methyl sites for hydroxylation is 1. The third kappa shape index (κ3) is 5.17. The lowest BCUT2D eigenvalue weighted by molar-refractivity contribution is -0.116. The molecule has 1 aromatic carbocycles. The number of hydrogen-bond acceptors (Lipinski definition) is 4. The summed E-state index contributed by atoms with van der Waals surface area (Å²) < 4.78 is 2.12. The molecule has 0 saturated carbocycles. The molecule has 0 unspecified atom stereocenters. The average molecular weight is 461 g/mol. The molecule has 2 aliphatic heterocycles. The van der Waals surface area contributed by atoms with Gasteiger partial charge >= 0.3 is 0 Å². The first-order chi connectivity index (χ1) is 16.2. The van der Waals surface area contributed by atoms with Crippen LogP contribution in [0.25, 0.3) is 11.7 Å². The van der Waals surface area contributed by atoms with Crippen molar-refractivity contribution in [3.05, 3.63) is 70.4 Å². The quantitative estimate of drug-likeness (QED) is 0.484. The Morgan fingerprint density at radius 1 is 1.09 bits per heavy atom. The molecule has 5 rings (SSSR count). The van der Waals surface area contributed by atoms with E-state index < -0.39 is 0 Å². The zero-order valence-corrected chi connectivity index (χ0v) is 20.1. The van der Waals surface area contributed by atoms with E-state index in [9.17, 15) is 4.79 Å². The van der Waals surface area contributed by atoms with Gasteiger partial charge in [-0.3, -0.25) is 9.20 Å². The summed E-state index contributed by atoms with van der Waals surface area (Å²) in [4.78, 5) is 20.7. The van der Waals surface area contributed by atoms with Crippen LogP contribution in [0, 0.1) is 12.8 Å². The summed E-state index contributed by atoms with van der Waals surface area (Å²) in [6.45, 7) is 6.26. The number of benzene rings is 1. The molecule has 3 aromatic rings. The minimum Gasteiger partial charge on any atom is -0.352 e. The van der Waals surface area contributed by atoms with Crippen molar-refractivity contribution in [3.8, 4) is 0 Å². The maximum atomic E-state index is 12.8. The van der Waals surface area contributed by atoms with E-state index in [1.165, 1.54) is 49.7 Å². The smallest absolute Gasteiger partial charge is 0.258 e. The van der Waals surface area contributed by atoms with Crippen molar-refractivity contribution < 1.29 is 4.79 Å². The molecule has 1 saturated heterocycles. The van der Waals surface area contributed by atoms with Crippen molar-refractivity contribution >= 4 is 29.4 Å². The highest BCUT2D eigenvalue weighted by Crippen LogP contribution is 2.35. The molecule has 0 bridgehead atoms. The van der Waals surface area contributed by atoms with Gasteiger partial charge in [-0.1, -0.05) is 48.2 Å². The van der Waals surface area contributed by atoms with Gasteiger partial charge in [0.2, 0.25) is 0 Å². The van der Waals surface area contributed by atoms with Gasteiger partial charge in [-0.15, -0.1) is 0 Å². The van der Waals surface area contributed by atoms with Crippen molar-refractivity contribution in [1.29, 1.82) is 0 Å². The van der Waals surface area contributed by atoms with Crippen LogP contribution in [0.3, 0.4) is 0 Å². The Kier molecular flexibility index (Phi) is 6.83. The maximum absolute atomic E-state index is 12.8. The summed E-state index contributed by atoms with van der Waals surface area (Å²) in [5.74, 6) is 0.834. The van der Waals surface area contributed by atoms with Crippen molar-refractivity contribution in [2.75, 3.05) is 26.2 Å². The second kappa shape index (κ2) is 10.1. The fourth-order valence-corrected chi connectivity index (χ4v) is 5.93. The standard InChI is InChI=1S/C27H32N4OS/c1-20-23-19-24(33-26-11-7-10-25(29-20)31(23)26)27(32)28-14-5-6-15-30-16-12-22(13-17-30)18-21-8-3-2-4-9-21/h2-4,7-11,19,22H,5-6,12-18H2,1H3,(H,28,32). The zero-order valence-electron chi connectivity index (χ0n) is 19.3. The van der Waals surface area contributed by atoms with E-state index in [2.05, 4.69) is 49.9 Å². The Hall–Kier alpha value is -2.57. The Balaban J connectivity index is 1.02. The van der Waals surface area contributed by atoms with E-state index in [-0.39, 0.29) is 5.91 Å². The van der Waals surface area contributed by atoms with Crippen LogP contribution in [0.2, 0.25) is 0 Å². The number of hydrogen-bond donors (Lipinski definition) is 1. The van der Waals surface area contributed by atoms with Gasteiger partial charge in [-0.2, -0.15) is 0 Å². The van der Waals surface area contributed by atoms with E-state index in [0.29, 0.717) is 0 Å². The summed E-state index contributed by atoms with van der Waals surface area (Å²) in [6, 6.07) is 16.9. The van der Waals surface area contributed by atoms with Gasteiger partial charge in [-0.25, -0.2) is 4.98 Å². The molecule has 33 heavy (non-hydrogen) atoms. The second-order valence-corrected chi connectivity index (χ2v) is 10.3. The normalized spacial score (nSPS) is 16.7. The Bertz CT molecular complexity index is 1150. The van der Waals surface area contributed by atoms with Crippen molar-refractivity contribution in [3.63, 3.8) is 0 Å². The first-order valence-corrected chi connectivity index (χ1v) is 12.9. The van der Waals surface area contributed by atoms with Gasteiger partial charge in [0.15, 0.2) is 0 Å². The number of carbonyl (C=O) groups excluding carboxylic acids is 1. The number of imidazole rings is 1. The van der Waals surface area contributed by atoms with Gasteiger partial charge in [0.05, 0.1) is 21.3 Å². The fourth-order valence-electron chi connectivity index (χ4n) is 4.94. The van der Waals surface area contributed by atoms with E-state index in [0.717, 1.165) is 58.8 Å². The van der Waals surface area contributed by atoms with Crippen LogP contribution < -0.4 is 5.32 Å². The molecule has 6 heteroatoms. The molecule has 172 valence electrons. The largest absolute Gasteiger partial charge is 0.352 e. The van der Waals surface area contributed by atoms with Crippen LogP contribution in [-0.2, 0) is 11.2 Å². The third-order valence-corrected chi connectivity index (χ3v) is 7.85. The molecule has 4 heterocycles. The number of likely N-dealkylation sites (tertiary alicyclic amines) is 1. The highest BCUT2D eigenvalue weighted by molar-refractivity contribution is 8.04. The average Bonchev–Trinajstić information content (AvgIpc) is 3.17. The van der Waals surface area contributed by atoms with Crippen molar-refractivity contribution in [1.82, 2.24) is 19.6 Å². The van der Waals surface area contributed by atoms with Crippen LogP contribution in [0.4, 0.5) is 0 Å². The van der Waals surface area contributed by atoms with Gasteiger partial charge < -0.3 is 10.2 Å². The van der Waals surface area contributed by atoms with Gasteiger partial charge in [0.1, 0.15) is 5.65 Å². The molecule has 0 atom stereocenters. The minimum absolute atomic E-state index is 0.0191. The number of nitrogens with one attached hydrogen (secondary N) is 1. The lowest BCUT2D eigenvalue weighted by Gasteiger charge is -2.32. The minimum atomic E-state index is 0.0191. The van der Waals surface area contributed by atoms with Crippen molar-refractivity contribution in [2.45, 2.75) is 44.1 Å². The SMILES string of the molecule is Cc1nc2cccc3n2c1C=C(C(=O)NCCCCN1CCC(Cc2ccccc2)CC1)S3. The summed E-state index contributed by atoms with van der Waals surface area (Å²) in [6.07, 6.45) is 7.91. The zero-order chi connectivity index (χ0) is 22.6. The van der Waals surface area contributed by atoms with Crippen LogP contribution in [0.1, 0.15) is 42.6 Å². The number of amides is 1. The molecular formula is C27H32N4OS. The molecular weight excluding hydrogens is 428 g/mol. The van der Waals surface area contributed by atoms with Crippen LogP contribution >= 0.6 is 11.8 Å². The van der Waals surface area contributed by atoms with Crippen LogP contribution in [0.15, 0.2) is 58.5 Å². The van der Waals surface area contributed by atoms with Crippen LogP contribution in [0.5, 0.6) is 0 Å². The molecule has 0 aliphatic carbocycles. The second-order valence-electron chi connectivity index (χ2n) is 9.19. The Morgan fingerprint density at radius 2 is 1.91 bits per heavy atom. The topological polar surface area (TPSA) is 49.6 Å². The van der Waals surface area contributed by atoms with Crippen LogP contribution in [-0.4, -0.2) is 46.4 Å². The highest BCUT2D eigenvalue weighted by atomic mass is 32.2. The lowest BCUT2D eigenvalue weighted by Crippen LogP contribution is -2.35. The van der Waals surface area contributed by atoms with Gasteiger partial charge in [-0.05, 0) is 88.4 Å². The molecule has 2 aromatic heterocycles. The molecule has 0 spiro atoms. The highest BCUT2D eigenvalue weighted by Gasteiger charge is 2.22. The number of rotatable bonds is 8. The summed E-state index contributed by atoms with van der Waals surface area (Å²) >= 11 is 1.52. The lowest BCUT2D eigenvalue weighted by atomic mass is 9.90. The van der Waals surface area contributed by atoms with E-state index in [4.69, 9.17) is 0 Å². The fraction of sp³-hybridized carbons (Fsp3) is 0.407. The number of unbranched alkanes of at least 4 members (excludes halogenated alkanes) is 1. The molecule has 5 nitrogen and oxygen atoms in total. The van der Waals surface area contributed by atoms with Gasteiger partial charge in [0.25, 0.3) is 5.91 Å². The Morgan fingerprint density at radius 3 is 2.73 bits per heavy atom. The number of thioether (sulfide) groups is 1. The number of nitrogens with zero attached hydrogens (tertiary/aromatic N) is 3. The number of aromatic nitrogens is 2. The first kappa shape index (κ1) is 22.2. The van der Waals surface area contributed by atoms with Crippen molar-refractivity contribution in [2.24, 2.45) is 5.92 Å². The first-order valence-electron chi connectivity index (χ1n) is 12.1. The maximum Gasteiger partial charge on any atom is 0.258 e. The number of carbonyl (C=O) groups is 1. The van der Waals surface area contributed by atoms with E-state index in [1.807, 2.05) is 31.2 Å². The molecule has 1 N–H and O–H groups in total. The molecule has 1 amide bonds. The van der Waals surface area contributed by atoms with E-state index in [1.54, 1.807) is 0 Å². The Labute approximate surface area is 200 Å². The molecule has 0 radical (unpaired) electrons. The third-order valence-electron chi connectivity index (χ3n) is 6.79. The summed E-state index contributed by atoms with van der Waals surface area (Å²) in [5, 5.41) is 4.17. The number of pyridine rings is 1. The monoisotopic (exact) mass is 460 g/mol. The predicted octanol–water partition coefficient (Wildman–Crippen LogP) is 4.94. The van der Waals surface area contributed by atoms with Gasteiger partial charge in [0, 0.05) is 6.54 Å². The molecule has 2 aliphatic rings. The van der Waals surface area contributed by atoms with E-state index >= 15 is 0 Å². The summed E-state index contributed by atoms with van der Waals surface area (Å²) in [7, 11) is 0.